The zero-order chi connectivity index (χ0) is 12.3. The standard InChI is InChI=1S/C11H14ClN3OS/c12-10-9(4-7(13)5-14-10)11(16)15-6-8-2-1-3-17-8/h4-5,8H,1-3,6,13H2,(H,15,16). The quantitative estimate of drug-likeness (QED) is 0.825. The summed E-state index contributed by atoms with van der Waals surface area (Å²) < 4.78 is 0. The highest BCUT2D eigenvalue weighted by Gasteiger charge is 2.18. The lowest BCUT2D eigenvalue weighted by atomic mass is 10.2. The van der Waals surface area contributed by atoms with Crippen LogP contribution in [-0.4, -0.2) is 28.4 Å². The van der Waals surface area contributed by atoms with E-state index in [1.807, 2.05) is 11.8 Å². The zero-order valence-corrected chi connectivity index (χ0v) is 10.9. The molecule has 0 radical (unpaired) electrons. The van der Waals surface area contributed by atoms with Gasteiger partial charge in [0.15, 0.2) is 0 Å². The number of aromatic nitrogens is 1. The summed E-state index contributed by atoms with van der Waals surface area (Å²) in [7, 11) is 0. The highest BCUT2D eigenvalue weighted by molar-refractivity contribution is 8.00. The number of nitrogens with one attached hydrogen (secondary N) is 1. The van der Waals surface area contributed by atoms with E-state index >= 15 is 0 Å². The van der Waals surface area contributed by atoms with Crippen LogP contribution in [0.1, 0.15) is 23.2 Å². The van der Waals surface area contributed by atoms with Gasteiger partial charge in [0, 0.05) is 11.8 Å². The molecule has 17 heavy (non-hydrogen) atoms. The van der Waals surface area contributed by atoms with Crippen molar-refractivity contribution in [3.8, 4) is 0 Å². The Balaban J connectivity index is 1.96. The van der Waals surface area contributed by atoms with Crippen molar-refractivity contribution >= 4 is 35.0 Å². The van der Waals surface area contributed by atoms with Crippen molar-refractivity contribution in [3.63, 3.8) is 0 Å². The van der Waals surface area contributed by atoms with E-state index in [1.54, 1.807) is 6.07 Å². The number of nitrogen functional groups attached to an aromatic ring is 1. The summed E-state index contributed by atoms with van der Waals surface area (Å²) in [5.41, 5.74) is 6.36. The largest absolute Gasteiger partial charge is 0.397 e. The maximum atomic E-state index is 11.9. The summed E-state index contributed by atoms with van der Waals surface area (Å²) in [6, 6.07) is 1.55. The molecule has 0 bridgehead atoms. The third-order valence-electron chi connectivity index (χ3n) is 2.62. The van der Waals surface area contributed by atoms with Gasteiger partial charge in [-0.15, -0.1) is 0 Å². The predicted octanol–water partition coefficient (Wildman–Crippen LogP) is 1.94. The second-order valence-corrected chi connectivity index (χ2v) is 5.72. The average molecular weight is 272 g/mol. The maximum absolute atomic E-state index is 11.9. The van der Waals surface area contributed by atoms with E-state index in [9.17, 15) is 4.79 Å². The van der Waals surface area contributed by atoms with E-state index in [1.165, 1.54) is 18.4 Å². The third-order valence-corrected chi connectivity index (χ3v) is 4.32. The normalized spacial score (nSPS) is 19.2. The summed E-state index contributed by atoms with van der Waals surface area (Å²) in [5.74, 6) is 0.975. The summed E-state index contributed by atoms with van der Waals surface area (Å²) in [6.45, 7) is 0.675. The number of anilines is 1. The summed E-state index contributed by atoms with van der Waals surface area (Å²) in [4.78, 5) is 15.7. The molecule has 1 amide bonds. The van der Waals surface area contributed by atoms with Crippen LogP contribution >= 0.6 is 23.4 Å². The molecule has 0 saturated carbocycles. The molecule has 1 aliphatic rings. The minimum atomic E-state index is -0.206. The Hall–Kier alpha value is -0.940. The molecule has 6 heteroatoms. The van der Waals surface area contributed by atoms with Gasteiger partial charge in [-0.1, -0.05) is 11.6 Å². The molecule has 1 aliphatic heterocycles. The molecule has 1 aromatic rings. The average Bonchev–Trinajstić information content (AvgIpc) is 2.82. The smallest absolute Gasteiger partial charge is 0.254 e. The van der Waals surface area contributed by atoms with Gasteiger partial charge in [0.2, 0.25) is 0 Å². The Labute approximate surface area is 109 Å². The molecule has 2 heterocycles. The van der Waals surface area contributed by atoms with E-state index in [0.29, 0.717) is 23.0 Å². The van der Waals surface area contributed by atoms with Crippen molar-refractivity contribution in [2.45, 2.75) is 18.1 Å². The fourth-order valence-corrected chi connectivity index (χ4v) is 3.12. The predicted molar refractivity (Wildman–Crippen MR) is 71.5 cm³/mol. The lowest BCUT2D eigenvalue weighted by Gasteiger charge is -2.10. The first-order valence-corrected chi connectivity index (χ1v) is 6.90. The second kappa shape index (κ2) is 5.60. The molecular weight excluding hydrogens is 258 g/mol. The highest BCUT2D eigenvalue weighted by atomic mass is 35.5. The number of nitrogens with zero attached hydrogens (tertiary/aromatic N) is 1. The Morgan fingerprint density at radius 3 is 3.24 bits per heavy atom. The molecule has 3 N–H and O–H groups in total. The molecule has 0 spiro atoms. The zero-order valence-electron chi connectivity index (χ0n) is 9.28. The molecule has 2 rings (SSSR count). The van der Waals surface area contributed by atoms with Gasteiger partial charge in [-0.25, -0.2) is 4.98 Å². The molecule has 1 aromatic heterocycles. The number of thioether (sulfide) groups is 1. The number of pyridine rings is 1. The van der Waals surface area contributed by atoms with Crippen molar-refractivity contribution in [3.05, 3.63) is 23.0 Å². The molecular formula is C11H14ClN3OS. The topological polar surface area (TPSA) is 68.0 Å². The fraction of sp³-hybridized carbons (Fsp3) is 0.455. The van der Waals surface area contributed by atoms with Crippen LogP contribution in [0.3, 0.4) is 0 Å². The number of hydrogen-bond acceptors (Lipinski definition) is 4. The molecule has 1 fully saturated rings. The van der Waals surface area contributed by atoms with Gasteiger partial charge in [0.05, 0.1) is 17.4 Å². The van der Waals surface area contributed by atoms with Gasteiger partial charge in [-0.05, 0) is 24.7 Å². The number of nitrogens with two attached hydrogens (primary N) is 1. The number of hydrogen-bond donors (Lipinski definition) is 2. The van der Waals surface area contributed by atoms with Gasteiger partial charge >= 0.3 is 0 Å². The lowest BCUT2D eigenvalue weighted by molar-refractivity contribution is 0.0953. The van der Waals surface area contributed by atoms with Crippen molar-refractivity contribution < 1.29 is 4.79 Å². The van der Waals surface area contributed by atoms with Crippen LogP contribution < -0.4 is 11.1 Å². The van der Waals surface area contributed by atoms with E-state index in [0.717, 1.165) is 6.42 Å². The number of carbonyl (C=O) groups is 1. The second-order valence-electron chi connectivity index (χ2n) is 3.95. The number of rotatable bonds is 3. The van der Waals surface area contributed by atoms with Gasteiger partial charge in [-0.3, -0.25) is 4.79 Å². The van der Waals surface area contributed by atoms with Crippen molar-refractivity contribution in [2.75, 3.05) is 18.0 Å². The first-order chi connectivity index (χ1) is 8.16. The van der Waals surface area contributed by atoms with Gasteiger partial charge in [0.25, 0.3) is 5.91 Å². The SMILES string of the molecule is Nc1cnc(Cl)c(C(=O)NCC2CCCS2)c1. The Morgan fingerprint density at radius 2 is 2.53 bits per heavy atom. The molecule has 4 nitrogen and oxygen atoms in total. The Kier molecular flexibility index (Phi) is 4.12. The molecule has 0 aromatic carbocycles. The van der Waals surface area contributed by atoms with Crippen LogP contribution in [-0.2, 0) is 0 Å². The van der Waals surface area contributed by atoms with E-state index in [2.05, 4.69) is 10.3 Å². The van der Waals surface area contributed by atoms with Gasteiger partial charge < -0.3 is 11.1 Å². The Morgan fingerprint density at radius 1 is 1.71 bits per heavy atom. The highest BCUT2D eigenvalue weighted by Crippen LogP contribution is 2.25. The summed E-state index contributed by atoms with van der Waals surface area (Å²) in [6.07, 6.45) is 3.82. The molecule has 1 atom stereocenters. The fourth-order valence-electron chi connectivity index (χ4n) is 1.73. The monoisotopic (exact) mass is 271 g/mol. The molecule has 1 saturated heterocycles. The molecule has 92 valence electrons. The van der Waals surface area contributed by atoms with Crippen LogP contribution in [0.5, 0.6) is 0 Å². The van der Waals surface area contributed by atoms with E-state index in [-0.39, 0.29) is 11.1 Å². The third kappa shape index (κ3) is 3.26. The summed E-state index contributed by atoms with van der Waals surface area (Å²) >= 11 is 7.75. The molecule has 0 aliphatic carbocycles. The van der Waals surface area contributed by atoms with Crippen LogP contribution in [0.25, 0.3) is 0 Å². The number of halogens is 1. The minimum Gasteiger partial charge on any atom is -0.397 e. The first kappa shape index (κ1) is 12.5. The van der Waals surface area contributed by atoms with Crippen LogP contribution in [0.2, 0.25) is 5.15 Å². The summed E-state index contributed by atoms with van der Waals surface area (Å²) in [5, 5.41) is 3.58. The lowest BCUT2D eigenvalue weighted by Crippen LogP contribution is -2.30. The first-order valence-electron chi connectivity index (χ1n) is 5.47. The van der Waals surface area contributed by atoms with Crippen molar-refractivity contribution in [2.24, 2.45) is 0 Å². The van der Waals surface area contributed by atoms with Crippen molar-refractivity contribution in [1.29, 1.82) is 0 Å². The van der Waals surface area contributed by atoms with Crippen LogP contribution in [0.4, 0.5) is 5.69 Å². The van der Waals surface area contributed by atoms with E-state index < -0.39 is 0 Å². The van der Waals surface area contributed by atoms with Crippen molar-refractivity contribution in [1.82, 2.24) is 10.3 Å². The number of amides is 1. The molecule has 1 unspecified atom stereocenters. The Bertz CT molecular complexity index is 421. The van der Waals surface area contributed by atoms with Gasteiger partial charge in [0.1, 0.15) is 5.15 Å². The minimum absolute atomic E-state index is 0.191. The van der Waals surface area contributed by atoms with Crippen LogP contribution in [0.15, 0.2) is 12.3 Å². The van der Waals surface area contributed by atoms with Gasteiger partial charge in [-0.2, -0.15) is 11.8 Å². The maximum Gasteiger partial charge on any atom is 0.254 e. The van der Waals surface area contributed by atoms with E-state index in [4.69, 9.17) is 17.3 Å². The van der Waals surface area contributed by atoms with Crippen LogP contribution in [0, 0.1) is 0 Å². The number of carbonyl (C=O) groups excluding carboxylic acids is 1.